The zero-order chi connectivity index (χ0) is 16.2. The van der Waals surface area contributed by atoms with Crippen LogP contribution in [-0.4, -0.2) is 48.0 Å². The van der Waals surface area contributed by atoms with Gasteiger partial charge in [0, 0.05) is 18.0 Å². The highest BCUT2D eigenvalue weighted by atomic mass is 16.5. The van der Waals surface area contributed by atoms with E-state index in [0.717, 1.165) is 35.8 Å². The van der Waals surface area contributed by atoms with Gasteiger partial charge < -0.3 is 9.84 Å². The maximum absolute atomic E-state index is 11.6. The molecule has 1 unspecified atom stereocenters. The largest absolute Gasteiger partial charge is 0.492 e. The van der Waals surface area contributed by atoms with Crippen LogP contribution in [0.25, 0.3) is 0 Å². The number of carboxylic acid groups (broad SMARTS) is 1. The van der Waals surface area contributed by atoms with Crippen LogP contribution in [0.2, 0.25) is 0 Å². The van der Waals surface area contributed by atoms with Crippen molar-refractivity contribution in [3.63, 3.8) is 0 Å². The highest BCUT2D eigenvalue weighted by Gasteiger charge is 2.33. The summed E-state index contributed by atoms with van der Waals surface area (Å²) in [6, 6.07) is 6.56. The SMILES string of the molecule is O=C1CCc2cc(OCC3CC4CCN3CC4)ccc21.O=CO. The number of hydrogen-bond donors (Lipinski definition) is 1. The average Bonchev–Trinajstić information content (AvgIpc) is 2.95. The molecule has 3 saturated heterocycles. The van der Waals surface area contributed by atoms with Crippen molar-refractivity contribution in [3.8, 4) is 5.75 Å². The lowest BCUT2D eigenvalue weighted by molar-refractivity contribution is -0.122. The fourth-order valence-corrected chi connectivity index (χ4v) is 3.98. The smallest absolute Gasteiger partial charge is 0.290 e. The van der Waals surface area contributed by atoms with E-state index in [2.05, 4.69) is 11.0 Å². The fraction of sp³-hybridized carbons (Fsp3) is 0.556. The van der Waals surface area contributed by atoms with Crippen LogP contribution in [0.4, 0.5) is 0 Å². The van der Waals surface area contributed by atoms with Crippen molar-refractivity contribution >= 4 is 12.3 Å². The molecule has 1 atom stereocenters. The van der Waals surface area contributed by atoms with Gasteiger partial charge in [0.2, 0.25) is 0 Å². The quantitative estimate of drug-likeness (QED) is 0.867. The Labute approximate surface area is 136 Å². The molecule has 5 rings (SSSR count). The second kappa shape index (κ2) is 7.13. The van der Waals surface area contributed by atoms with Gasteiger partial charge in [0.25, 0.3) is 6.47 Å². The Hall–Kier alpha value is -1.88. The lowest BCUT2D eigenvalue weighted by Gasteiger charge is -2.45. The molecule has 4 aliphatic rings. The van der Waals surface area contributed by atoms with Gasteiger partial charge in [-0.15, -0.1) is 0 Å². The number of carbonyl (C=O) groups excluding carboxylic acids is 1. The first kappa shape index (κ1) is 16.0. The number of Topliss-reactive ketones (excluding diaryl/α,β-unsaturated/α-hetero) is 1. The number of piperidine rings is 3. The summed E-state index contributed by atoms with van der Waals surface area (Å²) < 4.78 is 6.01. The van der Waals surface area contributed by atoms with E-state index in [1.54, 1.807) is 0 Å². The highest BCUT2D eigenvalue weighted by molar-refractivity contribution is 6.00. The lowest BCUT2D eigenvalue weighted by Crippen LogP contribution is -2.51. The zero-order valence-electron chi connectivity index (χ0n) is 13.2. The number of benzene rings is 1. The lowest BCUT2D eigenvalue weighted by atomic mass is 9.83. The van der Waals surface area contributed by atoms with Crippen molar-refractivity contribution in [2.75, 3.05) is 19.7 Å². The fourth-order valence-electron chi connectivity index (χ4n) is 3.98. The predicted octanol–water partition coefficient (Wildman–Crippen LogP) is 2.38. The number of ketones is 1. The van der Waals surface area contributed by atoms with Gasteiger partial charge in [-0.1, -0.05) is 0 Å². The van der Waals surface area contributed by atoms with Gasteiger partial charge in [0.1, 0.15) is 12.4 Å². The van der Waals surface area contributed by atoms with Crippen molar-refractivity contribution in [1.29, 1.82) is 0 Å². The second-order valence-electron chi connectivity index (χ2n) is 6.53. The summed E-state index contributed by atoms with van der Waals surface area (Å²) in [6.07, 6.45) is 5.58. The number of carbonyl (C=O) groups is 2. The molecule has 1 aliphatic carbocycles. The van der Waals surface area contributed by atoms with E-state index in [1.807, 2.05) is 12.1 Å². The first-order chi connectivity index (χ1) is 11.2. The van der Waals surface area contributed by atoms with E-state index >= 15 is 0 Å². The molecule has 3 aliphatic heterocycles. The van der Waals surface area contributed by atoms with E-state index in [-0.39, 0.29) is 12.3 Å². The minimum absolute atomic E-state index is 0.250. The summed E-state index contributed by atoms with van der Waals surface area (Å²) in [6.45, 7) is 3.04. The minimum atomic E-state index is -0.250. The third kappa shape index (κ3) is 3.55. The highest BCUT2D eigenvalue weighted by Crippen LogP contribution is 2.32. The average molecular weight is 317 g/mol. The molecule has 124 valence electrons. The molecule has 3 heterocycles. The molecule has 5 heteroatoms. The molecule has 1 aromatic rings. The topological polar surface area (TPSA) is 66.8 Å². The Morgan fingerprint density at radius 3 is 2.65 bits per heavy atom. The Kier molecular flexibility index (Phi) is 4.96. The molecule has 0 amide bonds. The van der Waals surface area contributed by atoms with Crippen LogP contribution in [-0.2, 0) is 11.2 Å². The summed E-state index contributed by atoms with van der Waals surface area (Å²) in [7, 11) is 0. The van der Waals surface area contributed by atoms with Gasteiger partial charge in [-0.05, 0) is 68.5 Å². The molecule has 0 spiro atoms. The molecule has 0 radical (unpaired) electrons. The monoisotopic (exact) mass is 317 g/mol. The summed E-state index contributed by atoms with van der Waals surface area (Å²) >= 11 is 0. The van der Waals surface area contributed by atoms with Crippen LogP contribution in [0.1, 0.15) is 41.6 Å². The molecular formula is C18H23NO4. The Morgan fingerprint density at radius 2 is 2.00 bits per heavy atom. The first-order valence-corrected chi connectivity index (χ1v) is 8.32. The van der Waals surface area contributed by atoms with E-state index in [1.165, 1.54) is 32.4 Å². The maximum atomic E-state index is 11.6. The molecule has 0 saturated carbocycles. The summed E-state index contributed by atoms with van der Waals surface area (Å²) in [5.41, 5.74) is 2.07. The van der Waals surface area contributed by atoms with Gasteiger partial charge >= 0.3 is 0 Å². The molecule has 3 fully saturated rings. The van der Waals surface area contributed by atoms with Gasteiger partial charge in [-0.2, -0.15) is 0 Å². The van der Waals surface area contributed by atoms with E-state index in [9.17, 15) is 4.79 Å². The van der Waals surface area contributed by atoms with Crippen molar-refractivity contribution in [2.24, 2.45) is 5.92 Å². The van der Waals surface area contributed by atoms with Gasteiger partial charge in [-0.25, -0.2) is 0 Å². The first-order valence-electron chi connectivity index (χ1n) is 8.32. The summed E-state index contributed by atoms with van der Waals surface area (Å²) in [4.78, 5) is 22.6. The molecule has 1 N–H and O–H groups in total. The van der Waals surface area contributed by atoms with Crippen LogP contribution in [0.15, 0.2) is 18.2 Å². The van der Waals surface area contributed by atoms with Crippen LogP contribution in [0.3, 0.4) is 0 Å². The van der Waals surface area contributed by atoms with Crippen molar-refractivity contribution in [3.05, 3.63) is 29.3 Å². The van der Waals surface area contributed by atoms with Gasteiger partial charge in [-0.3, -0.25) is 14.5 Å². The molecule has 5 nitrogen and oxygen atoms in total. The van der Waals surface area contributed by atoms with Crippen LogP contribution < -0.4 is 4.74 Å². The molecule has 1 aromatic carbocycles. The molecular weight excluding hydrogens is 294 g/mol. The number of fused-ring (bicyclic) bond motifs is 4. The minimum Gasteiger partial charge on any atom is -0.492 e. The molecule has 2 bridgehead atoms. The van der Waals surface area contributed by atoms with Crippen LogP contribution in [0.5, 0.6) is 5.75 Å². The number of rotatable bonds is 3. The Bertz CT molecular complexity index is 578. The van der Waals surface area contributed by atoms with Crippen molar-refractivity contribution in [2.45, 2.75) is 38.1 Å². The van der Waals surface area contributed by atoms with Gasteiger partial charge in [0.05, 0.1) is 0 Å². The number of nitrogens with zero attached hydrogens (tertiary/aromatic N) is 1. The van der Waals surface area contributed by atoms with Crippen LogP contribution in [0, 0.1) is 5.92 Å². The predicted molar refractivity (Wildman–Crippen MR) is 86.0 cm³/mol. The Balaban J connectivity index is 0.000000485. The maximum Gasteiger partial charge on any atom is 0.290 e. The van der Waals surface area contributed by atoms with Gasteiger partial charge in [0.15, 0.2) is 5.78 Å². The number of aryl methyl sites for hydroxylation is 1. The van der Waals surface area contributed by atoms with Crippen molar-refractivity contribution in [1.82, 2.24) is 4.90 Å². The van der Waals surface area contributed by atoms with E-state index in [0.29, 0.717) is 12.5 Å². The Morgan fingerprint density at radius 1 is 1.26 bits per heavy atom. The zero-order valence-corrected chi connectivity index (χ0v) is 13.2. The summed E-state index contributed by atoms with van der Waals surface area (Å²) in [5, 5.41) is 6.89. The van der Waals surface area contributed by atoms with Crippen LogP contribution >= 0.6 is 0 Å². The van der Waals surface area contributed by atoms with E-state index in [4.69, 9.17) is 14.6 Å². The number of ether oxygens (including phenoxy) is 1. The second-order valence-corrected chi connectivity index (χ2v) is 6.53. The molecule has 23 heavy (non-hydrogen) atoms. The van der Waals surface area contributed by atoms with Crippen molar-refractivity contribution < 1.29 is 19.4 Å². The summed E-state index contributed by atoms with van der Waals surface area (Å²) in [5.74, 6) is 2.13. The number of hydrogen-bond acceptors (Lipinski definition) is 4. The third-order valence-electron chi connectivity index (χ3n) is 5.21. The standard InChI is InChI=1S/C17H21NO2.CH2O2/c19-17-4-1-13-10-15(2-3-16(13)17)20-11-14-9-12-5-7-18(14)8-6-12;2-1-3/h2-3,10,12,14H,1,4-9,11H2;1H,(H,2,3). The molecule has 0 aromatic heterocycles. The third-order valence-corrected chi connectivity index (χ3v) is 5.21. The normalized spacial score (nSPS) is 27.8. The van der Waals surface area contributed by atoms with E-state index < -0.39 is 0 Å².